The number of ether oxygens (including phenoxy) is 1. The second-order valence-electron chi connectivity index (χ2n) is 4.53. The van der Waals surface area contributed by atoms with Gasteiger partial charge in [-0.2, -0.15) is 0 Å². The van der Waals surface area contributed by atoms with Crippen molar-refractivity contribution in [2.24, 2.45) is 5.73 Å². The summed E-state index contributed by atoms with van der Waals surface area (Å²) in [5, 5.41) is 11.1. The highest BCUT2D eigenvalue weighted by Gasteiger charge is 2.21. The number of hydrogen-bond donors (Lipinski definition) is 1. The van der Waals surface area contributed by atoms with Crippen LogP contribution in [0.15, 0.2) is 18.2 Å². The molecule has 1 aromatic rings. The lowest BCUT2D eigenvalue weighted by molar-refractivity contribution is -0.385. The Labute approximate surface area is 117 Å². The fourth-order valence-electron chi connectivity index (χ4n) is 1.74. The van der Waals surface area contributed by atoms with Crippen LogP contribution in [0.25, 0.3) is 0 Å². The molecule has 1 aromatic carbocycles. The summed E-state index contributed by atoms with van der Waals surface area (Å²) in [7, 11) is 3.59. The second kappa shape index (κ2) is 6.85. The quantitative estimate of drug-likeness (QED) is 0.476. The SMILES string of the molecule is CCOC(=O)C(N)Cc1ccc(N(C)C)cc1[N+](=O)[O-]. The molecule has 0 radical (unpaired) electrons. The van der Waals surface area contributed by atoms with Gasteiger partial charge in [-0.3, -0.25) is 14.9 Å². The van der Waals surface area contributed by atoms with Crippen LogP contribution < -0.4 is 10.6 Å². The van der Waals surface area contributed by atoms with E-state index in [9.17, 15) is 14.9 Å². The molecule has 0 saturated carbocycles. The van der Waals surface area contributed by atoms with E-state index < -0.39 is 16.9 Å². The molecule has 0 spiro atoms. The monoisotopic (exact) mass is 281 g/mol. The van der Waals surface area contributed by atoms with Crippen LogP contribution in [0.3, 0.4) is 0 Å². The molecule has 20 heavy (non-hydrogen) atoms. The van der Waals surface area contributed by atoms with E-state index in [1.54, 1.807) is 38.1 Å². The predicted molar refractivity (Wildman–Crippen MR) is 75.7 cm³/mol. The van der Waals surface area contributed by atoms with Crippen molar-refractivity contribution in [3.05, 3.63) is 33.9 Å². The molecule has 0 bridgehead atoms. The molecule has 1 unspecified atom stereocenters. The van der Waals surface area contributed by atoms with Crippen LogP contribution in [0.4, 0.5) is 11.4 Å². The van der Waals surface area contributed by atoms with E-state index in [1.165, 1.54) is 6.07 Å². The molecule has 1 atom stereocenters. The predicted octanol–water partition coefficient (Wildman–Crippen LogP) is 1.09. The van der Waals surface area contributed by atoms with E-state index in [-0.39, 0.29) is 18.7 Å². The zero-order chi connectivity index (χ0) is 15.3. The summed E-state index contributed by atoms with van der Waals surface area (Å²) in [4.78, 5) is 23.9. The normalized spacial score (nSPS) is 11.8. The smallest absolute Gasteiger partial charge is 0.323 e. The summed E-state index contributed by atoms with van der Waals surface area (Å²) in [6.07, 6.45) is 0.0723. The fourth-order valence-corrected chi connectivity index (χ4v) is 1.74. The highest BCUT2D eigenvalue weighted by Crippen LogP contribution is 2.25. The number of nitrogens with two attached hydrogens (primary N) is 1. The molecule has 0 fully saturated rings. The Balaban J connectivity index is 3.00. The second-order valence-corrected chi connectivity index (χ2v) is 4.53. The molecule has 0 aromatic heterocycles. The molecular formula is C13H19N3O4. The topological polar surface area (TPSA) is 98.7 Å². The molecule has 0 saturated heterocycles. The number of carbonyl (C=O) groups excluding carboxylic acids is 1. The number of nitro benzene ring substituents is 1. The first kappa shape index (κ1) is 15.9. The zero-order valence-electron chi connectivity index (χ0n) is 11.8. The first-order valence-corrected chi connectivity index (χ1v) is 6.23. The molecule has 110 valence electrons. The van der Waals surface area contributed by atoms with Gasteiger partial charge in [-0.1, -0.05) is 6.07 Å². The maximum absolute atomic E-state index is 11.5. The summed E-state index contributed by atoms with van der Waals surface area (Å²) >= 11 is 0. The van der Waals surface area contributed by atoms with Crippen LogP contribution in [-0.4, -0.2) is 37.6 Å². The molecule has 0 aliphatic carbocycles. The number of hydrogen-bond acceptors (Lipinski definition) is 6. The van der Waals surface area contributed by atoms with Crippen molar-refractivity contribution in [2.45, 2.75) is 19.4 Å². The highest BCUT2D eigenvalue weighted by atomic mass is 16.6. The Morgan fingerprint density at radius 3 is 2.65 bits per heavy atom. The average Bonchev–Trinajstić information content (AvgIpc) is 2.38. The minimum absolute atomic E-state index is 0.0454. The number of nitro groups is 1. The number of anilines is 1. The third kappa shape index (κ3) is 3.92. The van der Waals surface area contributed by atoms with Gasteiger partial charge < -0.3 is 15.4 Å². The number of rotatable bonds is 6. The van der Waals surface area contributed by atoms with Crippen molar-refractivity contribution in [1.29, 1.82) is 0 Å². The molecule has 0 aliphatic heterocycles. The number of nitrogens with zero attached hydrogens (tertiary/aromatic N) is 2. The summed E-state index contributed by atoms with van der Waals surface area (Å²) < 4.78 is 4.80. The van der Waals surface area contributed by atoms with Gasteiger partial charge in [0, 0.05) is 37.8 Å². The van der Waals surface area contributed by atoms with Crippen molar-refractivity contribution in [3.63, 3.8) is 0 Å². The Morgan fingerprint density at radius 1 is 1.50 bits per heavy atom. The summed E-state index contributed by atoms with van der Waals surface area (Å²) in [5.74, 6) is -0.557. The van der Waals surface area contributed by atoms with Crippen molar-refractivity contribution >= 4 is 17.3 Å². The molecule has 0 amide bonds. The van der Waals surface area contributed by atoms with Crippen LogP contribution >= 0.6 is 0 Å². The van der Waals surface area contributed by atoms with Gasteiger partial charge in [0.2, 0.25) is 0 Å². The van der Waals surface area contributed by atoms with Crippen molar-refractivity contribution in [3.8, 4) is 0 Å². The van der Waals surface area contributed by atoms with Gasteiger partial charge in [-0.15, -0.1) is 0 Å². The maximum Gasteiger partial charge on any atom is 0.323 e. The zero-order valence-corrected chi connectivity index (χ0v) is 11.8. The van der Waals surface area contributed by atoms with Crippen LogP contribution in [0, 0.1) is 10.1 Å². The standard InChI is InChI=1S/C13H19N3O4/c1-4-20-13(17)11(14)7-9-5-6-10(15(2)3)8-12(9)16(18)19/h5-6,8,11H,4,7,14H2,1-3H3. The number of benzene rings is 1. The van der Waals surface area contributed by atoms with E-state index in [2.05, 4.69) is 0 Å². The first-order valence-electron chi connectivity index (χ1n) is 6.23. The molecular weight excluding hydrogens is 262 g/mol. The van der Waals surface area contributed by atoms with Gasteiger partial charge in [0.15, 0.2) is 0 Å². The van der Waals surface area contributed by atoms with Gasteiger partial charge in [0.1, 0.15) is 6.04 Å². The first-order chi connectivity index (χ1) is 9.36. The van der Waals surface area contributed by atoms with Crippen molar-refractivity contribution in [2.75, 3.05) is 25.6 Å². The Bertz CT molecular complexity index is 502. The lowest BCUT2D eigenvalue weighted by atomic mass is 10.0. The summed E-state index contributed by atoms with van der Waals surface area (Å²) in [5.41, 5.74) is 6.78. The van der Waals surface area contributed by atoms with Gasteiger partial charge in [-0.25, -0.2) is 0 Å². The molecule has 1 rings (SSSR count). The largest absolute Gasteiger partial charge is 0.465 e. The number of carbonyl (C=O) groups is 1. The molecule has 7 nitrogen and oxygen atoms in total. The number of esters is 1. The molecule has 2 N–H and O–H groups in total. The van der Waals surface area contributed by atoms with Gasteiger partial charge >= 0.3 is 5.97 Å². The summed E-state index contributed by atoms with van der Waals surface area (Å²) in [6, 6.07) is 3.93. The van der Waals surface area contributed by atoms with Gasteiger partial charge in [0.25, 0.3) is 5.69 Å². The van der Waals surface area contributed by atoms with Crippen LogP contribution in [0.2, 0.25) is 0 Å². The molecule has 7 heteroatoms. The van der Waals surface area contributed by atoms with Crippen molar-refractivity contribution < 1.29 is 14.5 Å². The lowest BCUT2D eigenvalue weighted by Crippen LogP contribution is -2.34. The lowest BCUT2D eigenvalue weighted by Gasteiger charge is -2.14. The minimum atomic E-state index is -0.904. The molecule has 0 aliphatic rings. The van der Waals surface area contributed by atoms with E-state index in [0.717, 1.165) is 0 Å². The minimum Gasteiger partial charge on any atom is -0.465 e. The van der Waals surface area contributed by atoms with E-state index >= 15 is 0 Å². The maximum atomic E-state index is 11.5. The van der Waals surface area contributed by atoms with Crippen molar-refractivity contribution in [1.82, 2.24) is 0 Å². The van der Waals surface area contributed by atoms with E-state index in [0.29, 0.717) is 11.3 Å². The third-order valence-electron chi connectivity index (χ3n) is 2.81. The van der Waals surface area contributed by atoms with Crippen LogP contribution in [0.1, 0.15) is 12.5 Å². The average molecular weight is 281 g/mol. The van der Waals surface area contributed by atoms with E-state index in [1.807, 2.05) is 0 Å². The van der Waals surface area contributed by atoms with E-state index in [4.69, 9.17) is 10.5 Å². The fraction of sp³-hybridized carbons (Fsp3) is 0.462. The van der Waals surface area contributed by atoms with Crippen LogP contribution in [-0.2, 0) is 16.0 Å². The van der Waals surface area contributed by atoms with Crippen LogP contribution in [0.5, 0.6) is 0 Å². The Kier molecular flexibility index (Phi) is 5.45. The Hall–Kier alpha value is -2.15. The van der Waals surface area contributed by atoms with Gasteiger partial charge in [0.05, 0.1) is 11.5 Å². The molecule has 0 heterocycles. The third-order valence-corrected chi connectivity index (χ3v) is 2.81. The highest BCUT2D eigenvalue weighted by molar-refractivity contribution is 5.76. The van der Waals surface area contributed by atoms with Gasteiger partial charge in [-0.05, 0) is 13.0 Å². The summed E-state index contributed by atoms with van der Waals surface area (Å²) in [6.45, 7) is 1.91. The Morgan fingerprint density at radius 2 is 2.15 bits per heavy atom.